The van der Waals surface area contributed by atoms with Crippen LogP contribution in [0.25, 0.3) is 83.3 Å². The Morgan fingerprint density at radius 1 is 0.500 bits per heavy atom. The summed E-state index contributed by atoms with van der Waals surface area (Å²) in [7, 11) is 0. The molecule has 1 spiro atoms. The Labute approximate surface area is 348 Å². The first kappa shape index (κ1) is 34.1. The summed E-state index contributed by atoms with van der Waals surface area (Å²) in [6, 6.07) is 60.0. The molecule has 7 heteroatoms. The maximum atomic E-state index is 10.9. The first-order valence-corrected chi connectivity index (χ1v) is 20.4. The van der Waals surface area contributed by atoms with E-state index in [4.69, 9.17) is 25.4 Å². The van der Waals surface area contributed by atoms with Crippen molar-refractivity contribution >= 4 is 39.6 Å². The van der Waals surface area contributed by atoms with E-state index in [1.54, 1.807) is 0 Å². The van der Waals surface area contributed by atoms with Crippen LogP contribution in [0.3, 0.4) is 0 Å². The lowest BCUT2D eigenvalue weighted by molar-refractivity contribution is 0.617. The maximum absolute atomic E-state index is 10.9. The number of benzene rings is 8. The number of oxazole rings is 2. The Bertz CT molecular complexity index is 3330. The van der Waals surface area contributed by atoms with Gasteiger partial charge in [0, 0.05) is 20.9 Å². The molecule has 0 saturated carbocycles. The van der Waals surface area contributed by atoms with Crippen LogP contribution in [0.5, 0.6) is 0 Å². The minimum Gasteiger partial charge on any atom is -0.436 e. The highest BCUT2D eigenvalue weighted by Crippen LogP contribution is 2.62. The quantitative estimate of drug-likeness (QED) is 0.165. The lowest BCUT2D eigenvalue weighted by atomic mass is 9.67. The van der Waals surface area contributed by atoms with Crippen LogP contribution >= 0.6 is 11.8 Å². The molecule has 1 aliphatic heterocycles. The molecule has 278 valence electrons. The molecule has 0 fully saturated rings. The highest BCUT2D eigenvalue weighted by Gasteiger charge is 2.50. The fourth-order valence-electron chi connectivity index (χ4n) is 9.29. The van der Waals surface area contributed by atoms with E-state index in [2.05, 4.69) is 102 Å². The van der Waals surface area contributed by atoms with E-state index in [1.807, 2.05) is 90.6 Å². The van der Waals surface area contributed by atoms with Gasteiger partial charge in [-0.3, -0.25) is 0 Å². The molecule has 2 aromatic heterocycles. The number of nitriles is 1. The van der Waals surface area contributed by atoms with Crippen molar-refractivity contribution in [1.82, 2.24) is 9.97 Å². The van der Waals surface area contributed by atoms with Crippen molar-refractivity contribution in [3.63, 3.8) is 0 Å². The van der Waals surface area contributed by atoms with Crippen LogP contribution in [0, 0.1) is 17.9 Å². The first-order chi connectivity index (χ1) is 29.6. The fraction of sp³-hybridized carbons (Fsp3) is 0.0189. The number of hydrogen-bond donors (Lipinski definition) is 0. The fourth-order valence-corrected chi connectivity index (χ4v) is 10.5. The van der Waals surface area contributed by atoms with Gasteiger partial charge < -0.3 is 8.83 Å². The van der Waals surface area contributed by atoms with E-state index >= 15 is 0 Å². The van der Waals surface area contributed by atoms with E-state index in [-0.39, 0.29) is 0 Å². The number of fused-ring (bicyclic) bond motifs is 11. The summed E-state index contributed by atoms with van der Waals surface area (Å²) in [4.78, 5) is 16.1. The highest BCUT2D eigenvalue weighted by atomic mass is 32.2. The van der Waals surface area contributed by atoms with Gasteiger partial charge in [0.2, 0.25) is 11.8 Å². The molecule has 8 aromatic carbocycles. The molecule has 6 nitrogen and oxygen atoms in total. The number of aromatic nitrogens is 2. The van der Waals surface area contributed by atoms with Crippen molar-refractivity contribution in [1.29, 1.82) is 5.26 Å². The van der Waals surface area contributed by atoms with Gasteiger partial charge in [0.25, 0.3) is 0 Å². The Morgan fingerprint density at radius 2 is 1.05 bits per heavy atom. The monoisotopic (exact) mass is 784 g/mol. The van der Waals surface area contributed by atoms with Gasteiger partial charge >= 0.3 is 0 Å². The first-order valence-electron chi connectivity index (χ1n) is 19.6. The van der Waals surface area contributed by atoms with E-state index in [1.165, 1.54) is 32.0 Å². The predicted molar refractivity (Wildman–Crippen MR) is 236 cm³/mol. The molecule has 0 radical (unpaired) electrons. The molecular weight excluding hydrogens is 757 g/mol. The van der Waals surface area contributed by atoms with Crippen molar-refractivity contribution in [2.45, 2.75) is 15.2 Å². The summed E-state index contributed by atoms with van der Waals surface area (Å²) in [5, 5.41) is 10.9. The number of rotatable bonds is 4. The summed E-state index contributed by atoms with van der Waals surface area (Å²) in [6.07, 6.45) is 0. The van der Waals surface area contributed by atoms with Gasteiger partial charge in [0.15, 0.2) is 16.9 Å². The lowest BCUT2D eigenvalue weighted by Crippen LogP contribution is -2.31. The van der Waals surface area contributed by atoms with Crippen molar-refractivity contribution in [2.24, 2.45) is 0 Å². The molecular formula is C53H28N4O2S. The second-order valence-electron chi connectivity index (χ2n) is 15.1. The normalized spacial score (nSPS) is 13.0. The Hall–Kier alpha value is -7.97. The lowest BCUT2D eigenvalue weighted by Gasteiger charge is -2.39. The van der Waals surface area contributed by atoms with E-state index < -0.39 is 5.41 Å². The minimum atomic E-state index is -0.567. The minimum absolute atomic E-state index is 0.408. The molecule has 0 atom stereocenters. The summed E-state index contributed by atoms with van der Waals surface area (Å²) < 4.78 is 12.5. The molecule has 12 rings (SSSR count). The molecule has 0 unspecified atom stereocenters. The molecule has 1 aliphatic carbocycles. The summed E-state index contributed by atoms with van der Waals surface area (Å²) in [6.45, 7) is 8.51. The van der Waals surface area contributed by atoms with Crippen LogP contribution in [0.15, 0.2) is 188 Å². The van der Waals surface area contributed by atoms with Gasteiger partial charge in [-0.25, -0.2) is 14.8 Å². The predicted octanol–water partition coefficient (Wildman–Crippen LogP) is 13.9. The van der Waals surface area contributed by atoms with Crippen LogP contribution in [-0.4, -0.2) is 9.97 Å². The second-order valence-corrected chi connectivity index (χ2v) is 16.1. The maximum Gasteiger partial charge on any atom is 0.227 e. The molecule has 2 aliphatic rings. The third-order valence-corrected chi connectivity index (χ3v) is 13.0. The van der Waals surface area contributed by atoms with Crippen LogP contribution in [0.4, 0.5) is 5.69 Å². The Balaban J connectivity index is 1.06. The van der Waals surface area contributed by atoms with Crippen molar-refractivity contribution in [2.75, 3.05) is 0 Å². The number of para-hydroxylation sites is 4. The zero-order valence-corrected chi connectivity index (χ0v) is 32.5. The summed E-state index contributed by atoms with van der Waals surface area (Å²) >= 11 is 1.81. The standard InChI is InChI=1S/C53H28N4O2S/c1-55-46-29-38(31-22-23-37-36-12-2-3-13-40(36)53(43(37)28-31)41-14-4-10-20-49(41)60-50-21-11-5-15-42(50)53)35(30-54)27-39(46)32-24-33(51-56-44-16-6-8-18-47(44)58-51)26-34(25-32)52-57-45-17-7-9-19-48(45)59-52/h2-29H. The van der Waals surface area contributed by atoms with Gasteiger partial charge in [-0.05, 0) is 128 Å². The number of nitrogens with zero attached hydrogens (tertiary/aromatic N) is 4. The van der Waals surface area contributed by atoms with Gasteiger partial charge in [0.05, 0.1) is 23.6 Å². The van der Waals surface area contributed by atoms with Gasteiger partial charge in [-0.15, -0.1) is 0 Å². The Kier molecular flexibility index (Phi) is 7.40. The molecule has 0 amide bonds. The van der Waals surface area contributed by atoms with Gasteiger partial charge in [0.1, 0.15) is 11.0 Å². The highest BCUT2D eigenvalue weighted by molar-refractivity contribution is 7.99. The zero-order chi connectivity index (χ0) is 40.0. The van der Waals surface area contributed by atoms with Gasteiger partial charge in [-0.2, -0.15) is 5.26 Å². The molecule has 0 N–H and O–H groups in total. The molecule has 3 heterocycles. The number of hydrogen-bond acceptors (Lipinski definition) is 6. The SMILES string of the molecule is [C-]#[N+]c1cc(-c2ccc3c(c2)C2(c4ccccc4Sc4ccccc42)c2ccccc2-3)c(C#N)cc1-c1cc(-c2nc3ccccc3o2)cc(-c2nc3ccccc3o2)c1. The summed E-state index contributed by atoms with van der Waals surface area (Å²) in [5.41, 5.74) is 14.6. The van der Waals surface area contributed by atoms with Gasteiger partial charge in [-0.1, -0.05) is 109 Å². The van der Waals surface area contributed by atoms with E-state index in [0.29, 0.717) is 62.0 Å². The molecule has 60 heavy (non-hydrogen) atoms. The topological polar surface area (TPSA) is 80.2 Å². The largest absolute Gasteiger partial charge is 0.436 e. The Morgan fingerprint density at radius 3 is 1.67 bits per heavy atom. The van der Waals surface area contributed by atoms with Crippen LogP contribution in [0.2, 0.25) is 0 Å². The zero-order valence-electron chi connectivity index (χ0n) is 31.7. The second kappa shape index (κ2) is 13.0. The average molecular weight is 785 g/mol. The van der Waals surface area contributed by atoms with Crippen molar-refractivity contribution in [3.8, 4) is 62.4 Å². The van der Waals surface area contributed by atoms with E-state index in [9.17, 15) is 5.26 Å². The van der Waals surface area contributed by atoms with Crippen molar-refractivity contribution < 1.29 is 8.83 Å². The van der Waals surface area contributed by atoms with Crippen molar-refractivity contribution in [3.05, 3.63) is 209 Å². The molecule has 10 aromatic rings. The van der Waals surface area contributed by atoms with E-state index in [0.717, 1.165) is 27.7 Å². The smallest absolute Gasteiger partial charge is 0.227 e. The van der Waals surface area contributed by atoms with Crippen LogP contribution in [-0.2, 0) is 5.41 Å². The molecule has 0 bridgehead atoms. The third kappa shape index (κ3) is 4.94. The molecule has 0 saturated heterocycles. The average Bonchev–Trinajstić information content (AvgIpc) is 4.02. The summed E-state index contributed by atoms with van der Waals surface area (Å²) in [5.74, 6) is 0.850. The van der Waals surface area contributed by atoms with Crippen LogP contribution < -0.4 is 0 Å². The van der Waals surface area contributed by atoms with Crippen LogP contribution in [0.1, 0.15) is 27.8 Å². The third-order valence-electron chi connectivity index (χ3n) is 11.9.